The molecule has 1 aliphatic heterocycles. The van der Waals surface area contributed by atoms with Crippen LogP contribution in [0.5, 0.6) is 0 Å². The largest absolute Gasteiger partial charge is 0.352 e. The molecule has 0 aromatic heterocycles. The molecule has 1 atom stereocenters. The molecule has 1 heterocycles. The van der Waals surface area contributed by atoms with Crippen LogP contribution in [0.25, 0.3) is 0 Å². The first-order chi connectivity index (χ1) is 14.1. The van der Waals surface area contributed by atoms with Crippen LogP contribution in [0.15, 0.2) is 54.6 Å². The van der Waals surface area contributed by atoms with Gasteiger partial charge in [0.2, 0.25) is 5.91 Å². The number of ether oxygens (including phenoxy) is 1. The number of rotatable bonds is 7. The molecule has 0 unspecified atom stereocenters. The molecule has 1 amide bonds. The van der Waals surface area contributed by atoms with Crippen molar-refractivity contribution in [3.8, 4) is 6.07 Å². The lowest BCUT2D eigenvalue weighted by atomic mass is 9.89. The summed E-state index contributed by atoms with van der Waals surface area (Å²) < 4.78 is 5.97. The van der Waals surface area contributed by atoms with Crippen LogP contribution in [0.3, 0.4) is 0 Å². The molecule has 1 fully saturated rings. The molecule has 1 aromatic carbocycles. The standard InChI is InChI=1S/C23H30N4O2/c1-19(25-2)22(28)27-14-12-26(13-15-27)16-17-29-23(18-24)10-8-21(9-11-23)20-6-4-3-5-7-20/h3-11,19,21,25H,12-17H2,1-2H3/t19-,21?,23?/m1/s1. The minimum atomic E-state index is -0.995. The smallest absolute Gasteiger partial charge is 0.239 e. The summed E-state index contributed by atoms with van der Waals surface area (Å²) in [5.74, 6) is 0.323. The van der Waals surface area contributed by atoms with Crippen LogP contribution in [0.1, 0.15) is 18.4 Å². The predicted molar refractivity (Wildman–Crippen MR) is 113 cm³/mol. The molecule has 3 rings (SSSR count). The average molecular weight is 395 g/mol. The summed E-state index contributed by atoms with van der Waals surface area (Å²) in [5, 5.41) is 12.7. The number of nitrogens with zero attached hydrogens (tertiary/aromatic N) is 3. The van der Waals surface area contributed by atoms with Crippen molar-refractivity contribution in [3.63, 3.8) is 0 Å². The fourth-order valence-electron chi connectivity index (χ4n) is 3.65. The Labute approximate surface area is 173 Å². The van der Waals surface area contributed by atoms with E-state index in [0.717, 1.165) is 32.7 Å². The van der Waals surface area contributed by atoms with Crippen LogP contribution in [0.2, 0.25) is 0 Å². The number of hydrogen-bond donors (Lipinski definition) is 1. The Bertz CT molecular complexity index is 762. The first-order valence-electron chi connectivity index (χ1n) is 10.2. The molecule has 0 spiro atoms. The molecular weight excluding hydrogens is 364 g/mol. The normalized spacial score (nSPS) is 25.6. The van der Waals surface area contributed by atoms with E-state index in [-0.39, 0.29) is 17.9 Å². The van der Waals surface area contributed by atoms with Gasteiger partial charge in [-0.05, 0) is 31.7 Å². The Morgan fingerprint density at radius 3 is 2.48 bits per heavy atom. The monoisotopic (exact) mass is 394 g/mol. The SMILES string of the molecule is CN[C@H](C)C(=O)N1CCN(CCOC2(C#N)C=CC(c3ccccc3)C=C2)CC1. The van der Waals surface area contributed by atoms with Gasteiger partial charge < -0.3 is 15.0 Å². The predicted octanol–water partition coefficient (Wildman–Crippen LogP) is 1.93. The highest BCUT2D eigenvalue weighted by Crippen LogP contribution is 2.28. The van der Waals surface area contributed by atoms with Crippen LogP contribution < -0.4 is 5.32 Å². The van der Waals surface area contributed by atoms with Gasteiger partial charge in [0.05, 0.1) is 12.6 Å². The number of carbonyl (C=O) groups excluding carboxylic acids is 1. The van der Waals surface area contributed by atoms with Crippen molar-refractivity contribution in [2.24, 2.45) is 0 Å². The highest BCUT2D eigenvalue weighted by Gasteiger charge is 2.29. The van der Waals surface area contributed by atoms with E-state index in [4.69, 9.17) is 4.74 Å². The molecule has 2 aliphatic rings. The third kappa shape index (κ3) is 5.33. The Kier molecular flexibility index (Phi) is 7.21. The van der Waals surface area contributed by atoms with E-state index in [9.17, 15) is 10.1 Å². The van der Waals surface area contributed by atoms with Crippen molar-refractivity contribution in [2.75, 3.05) is 46.4 Å². The van der Waals surface area contributed by atoms with Gasteiger partial charge in [-0.2, -0.15) is 5.26 Å². The summed E-state index contributed by atoms with van der Waals surface area (Å²) in [6.07, 6.45) is 7.79. The fraction of sp³-hybridized carbons (Fsp3) is 0.478. The second-order valence-corrected chi connectivity index (χ2v) is 7.59. The van der Waals surface area contributed by atoms with Gasteiger partial charge >= 0.3 is 0 Å². The first kappa shape index (κ1) is 21.3. The van der Waals surface area contributed by atoms with Gasteiger partial charge in [-0.25, -0.2) is 0 Å². The number of benzene rings is 1. The van der Waals surface area contributed by atoms with Gasteiger partial charge in [0.25, 0.3) is 0 Å². The number of piperazine rings is 1. The lowest BCUT2D eigenvalue weighted by molar-refractivity contribution is -0.134. The van der Waals surface area contributed by atoms with Gasteiger partial charge in [0.15, 0.2) is 5.60 Å². The number of amides is 1. The summed E-state index contributed by atoms with van der Waals surface area (Å²) in [6.45, 7) is 6.21. The first-order valence-corrected chi connectivity index (χ1v) is 10.2. The number of likely N-dealkylation sites (N-methyl/N-ethyl adjacent to an activating group) is 1. The van der Waals surface area contributed by atoms with E-state index in [1.165, 1.54) is 5.56 Å². The van der Waals surface area contributed by atoms with Crippen LogP contribution in [0.4, 0.5) is 0 Å². The zero-order chi connectivity index (χ0) is 20.7. The minimum Gasteiger partial charge on any atom is -0.352 e. The Balaban J connectivity index is 1.45. The molecule has 0 saturated carbocycles. The van der Waals surface area contributed by atoms with Crippen molar-refractivity contribution in [3.05, 3.63) is 60.2 Å². The lowest BCUT2D eigenvalue weighted by Crippen LogP contribution is -2.53. The maximum atomic E-state index is 12.2. The van der Waals surface area contributed by atoms with Crippen LogP contribution in [0, 0.1) is 11.3 Å². The number of nitrogens with one attached hydrogen (secondary N) is 1. The maximum Gasteiger partial charge on any atom is 0.239 e. The van der Waals surface area contributed by atoms with Gasteiger partial charge in [-0.1, -0.05) is 42.5 Å². The van der Waals surface area contributed by atoms with E-state index in [0.29, 0.717) is 6.61 Å². The highest BCUT2D eigenvalue weighted by molar-refractivity contribution is 5.81. The average Bonchev–Trinajstić information content (AvgIpc) is 2.79. The number of hydrogen-bond acceptors (Lipinski definition) is 5. The van der Waals surface area contributed by atoms with Crippen LogP contribution >= 0.6 is 0 Å². The molecule has 6 nitrogen and oxygen atoms in total. The van der Waals surface area contributed by atoms with Crippen molar-refractivity contribution >= 4 is 5.91 Å². The van der Waals surface area contributed by atoms with Crippen LogP contribution in [-0.2, 0) is 9.53 Å². The van der Waals surface area contributed by atoms with E-state index in [2.05, 4.69) is 28.4 Å². The topological polar surface area (TPSA) is 68.6 Å². The van der Waals surface area contributed by atoms with Gasteiger partial charge in [-0.3, -0.25) is 9.69 Å². The zero-order valence-electron chi connectivity index (χ0n) is 17.3. The quantitative estimate of drug-likeness (QED) is 0.716. The summed E-state index contributed by atoms with van der Waals surface area (Å²) >= 11 is 0. The maximum absolute atomic E-state index is 12.2. The fourth-order valence-corrected chi connectivity index (χ4v) is 3.65. The summed E-state index contributed by atoms with van der Waals surface area (Å²) in [6, 6.07) is 12.4. The Hall–Kier alpha value is -2.46. The van der Waals surface area contributed by atoms with Crippen molar-refractivity contribution in [1.82, 2.24) is 15.1 Å². The molecular formula is C23H30N4O2. The molecule has 154 valence electrons. The summed E-state index contributed by atoms with van der Waals surface area (Å²) in [7, 11) is 1.80. The van der Waals surface area contributed by atoms with Crippen molar-refractivity contribution in [1.29, 1.82) is 5.26 Å². The van der Waals surface area contributed by atoms with E-state index < -0.39 is 5.60 Å². The van der Waals surface area contributed by atoms with E-state index in [1.807, 2.05) is 54.3 Å². The summed E-state index contributed by atoms with van der Waals surface area (Å²) in [5.41, 5.74) is 0.206. The van der Waals surface area contributed by atoms with Crippen molar-refractivity contribution < 1.29 is 9.53 Å². The molecule has 1 aliphatic carbocycles. The van der Waals surface area contributed by atoms with Gasteiger partial charge in [-0.15, -0.1) is 0 Å². The summed E-state index contributed by atoms with van der Waals surface area (Å²) in [4.78, 5) is 16.4. The molecule has 1 saturated heterocycles. The highest BCUT2D eigenvalue weighted by atomic mass is 16.5. The lowest BCUT2D eigenvalue weighted by Gasteiger charge is -2.36. The number of nitriles is 1. The second-order valence-electron chi connectivity index (χ2n) is 7.59. The van der Waals surface area contributed by atoms with E-state index >= 15 is 0 Å². The van der Waals surface area contributed by atoms with Gasteiger partial charge in [0, 0.05) is 38.6 Å². The molecule has 6 heteroatoms. The molecule has 1 N–H and O–H groups in total. The van der Waals surface area contributed by atoms with Crippen LogP contribution in [-0.4, -0.2) is 73.7 Å². The molecule has 0 bridgehead atoms. The Morgan fingerprint density at radius 1 is 1.24 bits per heavy atom. The number of carbonyl (C=O) groups is 1. The zero-order valence-corrected chi connectivity index (χ0v) is 17.3. The molecule has 29 heavy (non-hydrogen) atoms. The number of allylic oxidation sites excluding steroid dienone is 2. The van der Waals surface area contributed by atoms with Gasteiger partial charge in [0.1, 0.15) is 6.07 Å². The Morgan fingerprint density at radius 2 is 1.90 bits per heavy atom. The van der Waals surface area contributed by atoms with Crippen molar-refractivity contribution in [2.45, 2.75) is 24.5 Å². The molecule has 0 radical (unpaired) electrons. The third-order valence-electron chi connectivity index (χ3n) is 5.70. The van der Waals surface area contributed by atoms with E-state index in [1.54, 1.807) is 7.05 Å². The third-order valence-corrected chi connectivity index (χ3v) is 5.70. The minimum absolute atomic E-state index is 0.148. The second kappa shape index (κ2) is 9.84. The molecule has 1 aromatic rings.